The zero-order valence-electron chi connectivity index (χ0n) is 25.4. The Labute approximate surface area is 248 Å². The molecule has 0 radical (unpaired) electrons. The van der Waals surface area contributed by atoms with Crippen LogP contribution in [0.5, 0.6) is 6.01 Å². The number of carbonyl (C=O) groups is 1. The lowest BCUT2D eigenvalue weighted by molar-refractivity contribution is -0.126. The number of anilines is 2. The van der Waals surface area contributed by atoms with Gasteiger partial charge in [0, 0.05) is 49.7 Å². The summed E-state index contributed by atoms with van der Waals surface area (Å²) >= 11 is 0. The summed E-state index contributed by atoms with van der Waals surface area (Å²) in [5.41, 5.74) is 12.2. The first-order valence-electron chi connectivity index (χ1n) is 15.4. The first-order chi connectivity index (χ1) is 20.1. The van der Waals surface area contributed by atoms with Crippen LogP contribution in [0.25, 0.3) is 0 Å². The molecular formula is C32H44FN7O2. The number of aromatic nitrogens is 3. The lowest BCUT2D eigenvalue weighted by Crippen LogP contribution is -2.54. The van der Waals surface area contributed by atoms with Gasteiger partial charge >= 0.3 is 6.01 Å². The van der Waals surface area contributed by atoms with Gasteiger partial charge in [-0.25, -0.2) is 9.37 Å². The van der Waals surface area contributed by atoms with Gasteiger partial charge in [-0.2, -0.15) is 9.97 Å². The molecule has 2 aliphatic carbocycles. The molecular weight excluding hydrogens is 533 g/mol. The molecule has 4 heterocycles. The van der Waals surface area contributed by atoms with Crippen LogP contribution in [-0.4, -0.2) is 88.7 Å². The number of likely N-dealkylation sites (N-methyl/N-ethyl adjacent to an activating group) is 1. The van der Waals surface area contributed by atoms with Crippen LogP contribution in [-0.2, 0) is 17.6 Å². The van der Waals surface area contributed by atoms with Crippen LogP contribution < -0.4 is 15.4 Å². The van der Waals surface area contributed by atoms with Crippen molar-refractivity contribution < 1.29 is 13.9 Å². The molecule has 5 atom stereocenters. The molecule has 42 heavy (non-hydrogen) atoms. The predicted molar refractivity (Wildman–Crippen MR) is 162 cm³/mol. The van der Waals surface area contributed by atoms with Gasteiger partial charge in [0.1, 0.15) is 24.4 Å². The molecule has 3 fully saturated rings. The van der Waals surface area contributed by atoms with Gasteiger partial charge in [-0.05, 0) is 88.1 Å². The number of alkyl halides is 1. The highest BCUT2D eigenvalue weighted by Gasteiger charge is 2.39. The van der Waals surface area contributed by atoms with Gasteiger partial charge in [0.05, 0.1) is 11.4 Å². The average molecular weight is 578 g/mol. The van der Waals surface area contributed by atoms with E-state index in [-0.39, 0.29) is 23.9 Å². The van der Waals surface area contributed by atoms with E-state index >= 15 is 0 Å². The van der Waals surface area contributed by atoms with Crippen molar-refractivity contribution >= 4 is 17.5 Å². The summed E-state index contributed by atoms with van der Waals surface area (Å²) in [6.07, 6.45) is 4.96. The fraction of sp³-hybridized carbons (Fsp3) is 0.625. The van der Waals surface area contributed by atoms with Gasteiger partial charge in [0.2, 0.25) is 5.91 Å². The Bertz CT molecular complexity index is 1360. The summed E-state index contributed by atoms with van der Waals surface area (Å²) in [6, 6.07) is 2.40. The van der Waals surface area contributed by atoms with Crippen molar-refractivity contribution in [3.8, 4) is 6.01 Å². The van der Waals surface area contributed by atoms with Crippen molar-refractivity contribution in [2.24, 2.45) is 5.92 Å². The number of pyridine rings is 1. The fourth-order valence-corrected chi connectivity index (χ4v) is 7.31. The number of likely N-dealkylation sites (tertiary alicyclic amines) is 1. The van der Waals surface area contributed by atoms with E-state index in [1.54, 1.807) is 0 Å². The Balaban J connectivity index is 1.35. The van der Waals surface area contributed by atoms with E-state index < -0.39 is 6.17 Å². The maximum atomic E-state index is 14.0. The second-order valence-corrected chi connectivity index (χ2v) is 13.0. The molecule has 226 valence electrons. The lowest BCUT2D eigenvalue weighted by Gasteiger charge is -2.42. The lowest BCUT2D eigenvalue weighted by atomic mass is 9.75. The van der Waals surface area contributed by atoms with E-state index in [4.69, 9.17) is 25.4 Å². The number of nitrogen functional groups attached to an aromatic ring is 1. The molecule has 2 aromatic heterocycles. The molecule has 2 aromatic rings. The molecule has 0 bridgehead atoms. The van der Waals surface area contributed by atoms with E-state index in [0.29, 0.717) is 62.9 Å². The van der Waals surface area contributed by atoms with Crippen molar-refractivity contribution in [3.63, 3.8) is 0 Å². The van der Waals surface area contributed by atoms with Crippen molar-refractivity contribution in [1.29, 1.82) is 0 Å². The van der Waals surface area contributed by atoms with Crippen molar-refractivity contribution in [1.82, 2.24) is 24.8 Å². The van der Waals surface area contributed by atoms with E-state index in [1.165, 1.54) is 30.0 Å². The molecule has 0 spiro atoms. The molecule has 1 amide bonds. The molecule has 2 aliphatic heterocycles. The summed E-state index contributed by atoms with van der Waals surface area (Å²) in [4.78, 5) is 33.4. The Morgan fingerprint density at radius 2 is 1.98 bits per heavy atom. The minimum Gasteiger partial charge on any atom is -0.462 e. The smallest absolute Gasteiger partial charge is 0.318 e. The molecule has 4 aliphatic rings. The normalized spacial score (nSPS) is 28.1. The van der Waals surface area contributed by atoms with Crippen LogP contribution in [0.2, 0.25) is 0 Å². The number of hydrogen-bond acceptors (Lipinski definition) is 8. The second kappa shape index (κ2) is 11.4. The number of ether oxygens (including phenoxy) is 1. The maximum absolute atomic E-state index is 14.0. The number of hydrogen-bond donors (Lipinski definition) is 1. The Morgan fingerprint density at radius 1 is 1.19 bits per heavy atom. The number of nitrogens with two attached hydrogens (primary N) is 1. The van der Waals surface area contributed by atoms with Crippen molar-refractivity contribution in [2.45, 2.75) is 83.0 Å². The van der Waals surface area contributed by atoms with Gasteiger partial charge in [-0.1, -0.05) is 13.5 Å². The minimum absolute atomic E-state index is 0.0104. The zero-order valence-corrected chi connectivity index (χ0v) is 25.4. The average Bonchev–Trinajstić information content (AvgIpc) is 3.73. The fourth-order valence-electron chi connectivity index (χ4n) is 7.31. The summed E-state index contributed by atoms with van der Waals surface area (Å²) < 4.78 is 20.3. The molecule has 10 heteroatoms. The number of piperazine rings is 1. The van der Waals surface area contributed by atoms with Crippen molar-refractivity contribution in [3.05, 3.63) is 46.8 Å². The number of aryl methyl sites for hydroxylation is 1. The summed E-state index contributed by atoms with van der Waals surface area (Å²) in [7, 11) is 1.93. The SMILES string of the molecule is C=CC(=O)N1CCN(c2nc(OCC3CC(F)CN3C)nc3c2CC(C)C(c2nc(N)cc(C)c2C2CC2)C3)C(C)C1. The number of rotatable bonds is 7. The van der Waals surface area contributed by atoms with E-state index in [9.17, 15) is 9.18 Å². The van der Waals surface area contributed by atoms with Crippen LogP contribution in [0.4, 0.5) is 16.0 Å². The number of fused-ring (bicyclic) bond motifs is 1. The summed E-state index contributed by atoms with van der Waals surface area (Å²) in [6.45, 7) is 12.9. The molecule has 5 unspecified atom stereocenters. The van der Waals surface area contributed by atoms with Crippen molar-refractivity contribution in [2.75, 3.05) is 50.5 Å². The van der Waals surface area contributed by atoms with Gasteiger partial charge in [0.15, 0.2) is 0 Å². The van der Waals surface area contributed by atoms with Crippen LogP contribution in [0.3, 0.4) is 0 Å². The van der Waals surface area contributed by atoms with E-state index in [2.05, 4.69) is 32.3 Å². The Hall–Kier alpha value is -3.27. The molecule has 2 N–H and O–H groups in total. The van der Waals surface area contributed by atoms with Gasteiger partial charge in [-0.3, -0.25) is 9.69 Å². The monoisotopic (exact) mass is 577 g/mol. The highest BCUT2D eigenvalue weighted by Crippen LogP contribution is 2.48. The topological polar surface area (TPSA) is 101 Å². The predicted octanol–water partition coefficient (Wildman–Crippen LogP) is 3.80. The van der Waals surface area contributed by atoms with Gasteiger partial charge < -0.3 is 20.3 Å². The second-order valence-electron chi connectivity index (χ2n) is 13.0. The Morgan fingerprint density at radius 3 is 2.64 bits per heavy atom. The highest BCUT2D eigenvalue weighted by atomic mass is 19.1. The molecule has 2 saturated heterocycles. The molecule has 0 aromatic carbocycles. The molecule has 6 rings (SSSR count). The summed E-state index contributed by atoms with van der Waals surface area (Å²) in [5.74, 6) is 2.50. The van der Waals surface area contributed by atoms with Crippen LogP contribution in [0.1, 0.15) is 73.0 Å². The first-order valence-corrected chi connectivity index (χ1v) is 15.4. The highest BCUT2D eigenvalue weighted by molar-refractivity contribution is 5.87. The number of nitrogens with zero attached hydrogens (tertiary/aromatic N) is 6. The van der Waals surface area contributed by atoms with E-state index in [0.717, 1.165) is 35.6 Å². The number of amides is 1. The van der Waals surface area contributed by atoms with Crippen LogP contribution in [0, 0.1) is 12.8 Å². The Kier molecular flexibility index (Phi) is 7.85. The maximum Gasteiger partial charge on any atom is 0.318 e. The van der Waals surface area contributed by atoms with Crippen LogP contribution in [0.15, 0.2) is 18.7 Å². The molecule has 1 saturated carbocycles. The van der Waals surface area contributed by atoms with Gasteiger partial charge in [0.25, 0.3) is 0 Å². The zero-order chi connectivity index (χ0) is 29.7. The third kappa shape index (κ3) is 5.57. The quantitative estimate of drug-likeness (QED) is 0.496. The third-order valence-electron chi connectivity index (χ3n) is 9.76. The largest absolute Gasteiger partial charge is 0.462 e. The summed E-state index contributed by atoms with van der Waals surface area (Å²) in [5, 5.41) is 0. The first kappa shape index (κ1) is 28.8. The van der Waals surface area contributed by atoms with E-state index in [1.807, 2.05) is 22.9 Å². The number of carbonyl (C=O) groups excluding carboxylic acids is 1. The third-order valence-corrected chi connectivity index (χ3v) is 9.76. The standard InChI is InChI=1S/C32H44FN7O2/c1-6-28(41)39-9-10-40(20(4)15-39)31-25-11-18(2)24(30-29(21-7-8-21)19(3)12-27(34)36-30)14-26(25)35-32(37-31)42-17-23-13-22(33)16-38(23)5/h6,12,18,20-24H,1,7-11,13-17H2,2-5H3,(H2,34,36). The van der Waals surface area contributed by atoms with Gasteiger partial charge in [-0.15, -0.1) is 0 Å². The molecule has 9 nitrogen and oxygen atoms in total. The minimum atomic E-state index is -0.837. The van der Waals surface area contributed by atoms with Crippen LogP contribution >= 0.6 is 0 Å². The number of halogens is 1.